The minimum Gasteiger partial charge on any atom is -0.356 e. The van der Waals surface area contributed by atoms with Gasteiger partial charge in [-0.2, -0.15) is 0 Å². The molecule has 2 unspecified atom stereocenters. The van der Waals surface area contributed by atoms with E-state index in [4.69, 9.17) is 0 Å². The predicted octanol–water partition coefficient (Wildman–Crippen LogP) is 2.09. The van der Waals surface area contributed by atoms with E-state index in [9.17, 15) is 4.79 Å². The molecule has 1 saturated carbocycles. The number of carbonyl (C=O) groups excluding carboxylic acids is 1. The molecule has 0 aromatic carbocycles. The molecular weight excluding hydrogens is 162 g/mol. The highest BCUT2D eigenvalue weighted by Gasteiger charge is 2.30. The number of nitrogens with one attached hydrogen (secondary N) is 1. The molecule has 2 aliphatic rings. The normalized spacial score (nSPS) is 35.5. The number of carbonyl (C=O) groups is 1. The van der Waals surface area contributed by atoms with Crippen molar-refractivity contribution >= 4 is 5.91 Å². The van der Waals surface area contributed by atoms with Gasteiger partial charge in [-0.05, 0) is 31.6 Å². The van der Waals surface area contributed by atoms with E-state index in [0.717, 1.165) is 13.0 Å². The Labute approximate surface area is 80.1 Å². The van der Waals surface area contributed by atoms with Crippen LogP contribution >= 0.6 is 0 Å². The maximum absolute atomic E-state index is 11.7. The molecule has 1 aliphatic carbocycles. The third-order valence-electron chi connectivity index (χ3n) is 3.55. The standard InChI is InChI=1S/C11H19NO/c13-11-10-7-2-1-5-9(10)6-3-4-8-12-11/h9-10H,1-8H2,(H,12,13). The Hall–Kier alpha value is -0.530. The molecule has 2 fully saturated rings. The maximum Gasteiger partial charge on any atom is 0.223 e. The van der Waals surface area contributed by atoms with Crippen molar-refractivity contribution in [3.8, 4) is 0 Å². The van der Waals surface area contributed by atoms with E-state index >= 15 is 0 Å². The largest absolute Gasteiger partial charge is 0.356 e. The molecule has 0 bridgehead atoms. The summed E-state index contributed by atoms with van der Waals surface area (Å²) in [5.74, 6) is 1.40. The van der Waals surface area contributed by atoms with Gasteiger partial charge < -0.3 is 5.32 Å². The second-order valence-electron chi connectivity index (χ2n) is 4.44. The summed E-state index contributed by atoms with van der Waals surface area (Å²) in [5, 5.41) is 3.04. The first-order valence-corrected chi connectivity index (χ1v) is 5.65. The van der Waals surface area contributed by atoms with Crippen molar-refractivity contribution in [3.63, 3.8) is 0 Å². The third-order valence-corrected chi connectivity index (χ3v) is 3.55. The molecule has 13 heavy (non-hydrogen) atoms. The number of hydrogen-bond acceptors (Lipinski definition) is 1. The maximum atomic E-state index is 11.7. The van der Waals surface area contributed by atoms with Gasteiger partial charge >= 0.3 is 0 Å². The molecule has 74 valence electrons. The van der Waals surface area contributed by atoms with Crippen LogP contribution in [0.1, 0.15) is 44.9 Å². The highest BCUT2D eigenvalue weighted by atomic mass is 16.1. The summed E-state index contributed by atoms with van der Waals surface area (Å²) in [6.45, 7) is 0.905. The van der Waals surface area contributed by atoms with Gasteiger partial charge in [-0.15, -0.1) is 0 Å². The van der Waals surface area contributed by atoms with Gasteiger partial charge in [-0.1, -0.05) is 19.3 Å². The lowest BCUT2D eigenvalue weighted by molar-refractivity contribution is -0.128. The van der Waals surface area contributed by atoms with E-state index in [1.165, 1.54) is 38.5 Å². The van der Waals surface area contributed by atoms with Gasteiger partial charge in [0.05, 0.1) is 0 Å². The lowest BCUT2D eigenvalue weighted by Gasteiger charge is -2.32. The van der Waals surface area contributed by atoms with E-state index < -0.39 is 0 Å². The SMILES string of the molecule is O=C1NCCCCC2CCCCC12. The van der Waals surface area contributed by atoms with Gasteiger partial charge in [-0.3, -0.25) is 4.79 Å². The number of hydrogen-bond donors (Lipinski definition) is 1. The predicted molar refractivity (Wildman–Crippen MR) is 52.3 cm³/mol. The highest BCUT2D eigenvalue weighted by molar-refractivity contribution is 5.79. The van der Waals surface area contributed by atoms with Gasteiger partial charge in [-0.25, -0.2) is 0 Å². The second-order valence-corrected chi connectivity index (χ2v) is 4.44. The Bertz CT molecular complexity index is 191. The van der Waals surface area contributed by atoms with Crippen LogP contribution in [-0.2, 0) is 4.79 Å². The first-order chi connectivity index (χ1) is 6.38. The summed E-state index contributed by atoms with van der Waals surface area (Å²) in [6, 6.07) is 0. The molecule has 2 atom stereocenters. The molecule has 1 aliphatic heterocycles. The van der Waals surface area contributed by atoms with Crippen molar-refractivity contribution in [1.29, 1.82) is 0 Å². The molecule has 2 heteroatoms. The average molecular weight is 181 g/mol. The number of fused-ring (bicyclic) bond motifs is 1. The topological polar surface area (TPSA) is 29.1 Å². The average Bonchev–Trinajstić information content (AvgIpc) is 2.14. The molecule has 0 radical (unpaired) electrons. The fourth-order valence-electron chi connectivity index (χ4n) is 2.77. The highest BCUT2D eigenvalue weighted by Crippen LogP contribution is 2.34. The molecule has 0 aromatic heterocycles. The second kappa shape index (κ2) is 4.12. The summed E-state index contributed by atoms with van der Waals surface area (Å²) in [5.41, 5.74) is 0. The Morgan fingerprint density at radius 2 is 1.69 bits per heavy atom. The molecule has 1 saturated heterocycles. The van der Waals surface area contributed by atoms with Crippen LogP contribution in [0.3, 0.4) is 0 Å². The number of amides is 1. The molecular formula is C11H19NO. The minimum absolute atomic E-state index is 0.337. The Balaban J connectivity index is 2.02. The van der Waals surface area contributed by atoms with E-state index in [-0.39, 0.29) is 0 Å². The molecule has 0 spiro atoms. The molecule has 1 N–H and O–H groups in total. The summed E-state index contributed by atoms with van der Waals surface area (Å²) in [7, 11) is 0. The zero-order valence-electron chi connectivity index (χ0n) is 8.22. The van der Waals surface area contributed by atoms with Crippen LogP contribution in [0.5, 0.6) is 0 Å². The Kier molecular flexibility index (Phi) is 2.87. The van der Waals surface area contributed by atoms with Gasteiger partial charge in [0, 0.05) is 12.5 Å². The third kappa shape index (κ3) is 2.04. The zero-order chi connectivity index (χ0) is 9.10. The first kappa shape index (κ1) is 9.04. The zero-order valence-corrected chi connectivity index (χ0v) is 8.22. The van der Waals surface area contributed by atoms with Crippen LogP contribution in [-0.4, -0.2) is 12.5 Å². The lowest BCUT2D eigenvalue weighted by atomic mass is 9.75. The van der Waals surface area contributed by atoms with E-state index in [2.05, 4.69) is 5.32 Å². The van der Waals surface area contributed by atoms with E-state index in [1.54, 1.807) is 0 Å². The van der Waals surface area contributed by atoms with Gasteiger partial charge in [0.2, 0.25) is 5.91 Å². The van der Waals surface area contributed by atoms with Crippen molar-refractivity contribution in [2.24, 2.45) is 11.8 Å². The molecule has 1 heterocycles. The Morgan fingerprint density at radius 1 is 1.00 bits per heavy atom. The monoisotopic (exact) mass is 181 g/mol. The summed E-state index contributed by atoms with van der Waals surface area (Å²) >= 11 is 0. The fourth-order valence-corrected chi connectivity index (χ4v) is 2.77. The van der Waals surface area contributed by atoms with Crippen molar-refractivity contribution in [2.45, 2.75) is 44.9 Å². The summed E-state index contributed by atoms with van der Waals surface area (Å²) in [6.07, 6.45) is 8.80. The van der Waals surface area contributed by atoms with Crippen LogP contribution in [0.25, 0.3) is 0 Å². The summed E-state index contributed by atoms with van der Waals surface area (Å²) < 4.78 is 0. The van der Waals surface area contributed by atoms with E-state index in [0.29, 0.717) is 17.7 Å². The molecule has 0 aromatic rings. The van der Waals surface area contributed by atoms with Gasteiger partial charge in [0.15, 0.2) is 0 Å². The van der Waals surface area contributed by atoms with Crippen LogP contribution < -0.4 is 5.32 Å². The van der Waals surface area contributed by atoms with Crippen LogP contribution in [0.2, 0.25) is 0 Å². The lowest BCUT2D eigenvalue weighted by Crippen LogP contribution is -2.38. The van der Waals surface area contributed by atoms with Crippen LogP contribution in [0.4, 0.5) is 0 Å². The van der Waals surface area contributed by atoms with Crippen molar-refractivity contribution in [3.05, 3.63) is 0 Å². The molecule has 1 amide bonds. The van der Waals surface area contributed by atoms with Crippen molar-refractivity contribution in [1.82, 2.24) is 5.32 Å². The van der Waals surface area contributed by atoms with Crippen molar-refractivity contribution in [2.75, 3.05) is 6.54 Å². The molecule has 2 rings (SSSR count). The van der Waals surface area contributed by atoms with Crippen molar-refractivity contribution < 1.29 is 4.79 Å². The van der Waals surface area contributed by atoms with Crippen LogP contribution in [0.15, 0.2) is 0 Å². The van der Waals surface area contributed by atoms with E-state index in [1.807, 2.05) is 0 Å². The molecule has 2 nitrogen and oxygen atoms in total. The fraction of sp³-hybridized carbons (Fsp3) is 0.909. The van der Waals surface area contributed by atoms with Gasteiger partial charge in [0.25, 0.3) is 0 Å². The Morgan fingerprint density at radius 3 is 2.54 bits per heavy atom. The summed E-state index contributed by atoms with van der Waals surface area (Å²) in [4.78, 5) is 11.7. The van der Waals surface area contributed by atoms with Gasteiger partial charge in [0.1, 0.15) is 0 Å². The number of rotatable bonds is 0. The van der Waals surface area contributed by atoms with Crippen LogP contribution in [0, 0.1) is 11.8 Å². The minimum atomic E-state index is 0.337. The first-order valence-electron chi connectivity index (χ1n) is 5.65. The quantitative estimate of drug-likeness (QED) is 0.609. The smallest absolute Gasteiger partial charge is 0.223 e.